The van der Waals surface area contributed by atoms with Crippen molar-refractivity contribution < 1.29 is 0 Å². The summed E-state index contributed by atoms with van der Waals surface area (Å²) in [5.74, 6) is 0.572. The van der Waals surface area contributed by atoms with Crippen LogP contribution in [0.25, 0.3) is 4.96 Å². The number of hydrogen-bond acceptors (Lipinski definition) is 4. The highest BCUT2D eigenvalue weighted by Gasteiger charge is 2.25. The van der Waals surface area contributed by atoms with Crippen LogP contribution in [0, 0.1) is 13.8 Å². The Morgan fingerprint density at radius 1 is 1.41 bits per heavy atom. The van der Waals surface area contributed by atoms with Crippen molar-refractivity contribution in [2.24, 2.45) is 0 Å². The highest BCUT2D eigenvalue weighted by atomic mass is 32.1. The minimum atomic E-state index is 0.572. The Hall–Kier alpha value is -1.66. The van der Waals surface area contributed by atoms with E-state index in [0.717, 1.165) is 23.7 Å². The highest BCUT2D eigenvalue weighted by Crippen LogP contribution is 2.29. The predicted molar refractivity (Wildman–Crippen MR) is 88.4 cm³/mol. The van der Waals surface area contributed by atoms with Gasteiger partial charge in [-0.1, -0.05) is 0 Å². The number of piperidine rings is 1. The van der Waals surface area contributed by atoms with E-state index in [2.05, 4.69) is 49.9 Å². The van der Waals surface area contributed by atoms with Crippen molar-refractivity contribution in [2.45, 2.75) is 39.2 Å². The number of rotatable bonds is 3. The number of aromatic nitrogens is 4. The molecule has 6 heteroatoms. The summed E-state index contributed by atoms with van der Waals surface area (Å²) < 4.78 is 2.24. The molecule has 0 unspecified atom stereocenters. The van der Waals surface area contributed by atoms with Gasteiger partial charge in [-0.2, -0.15) is 5.10 Å². The van der Waals surface area contributed by atoms with Gasteiger partial charge in [0.2, 0.25) is 0 Å². The van der Waals surface area contributed by atoms with Gasteiger partial charge in [0.1, 0.15) is 0 Å². The topological polar surface area (TPSA) is 49.2 Å². The van der Waals surface area contributed by atoms with Gasteiger partial charge in [0, 0.05) is 36.3 Å². The molecule has 1 aliphatic heterocycles. The van der Waals surface area contributed by atoms with E-state index < -0.39 is 0 Å². The average Bonchev–Trinajstić information content (AvgIpc) is 3.19. The molecule has 22 heavy (non-hydrogen) atoms. The fourth-order valence-electron chi connectivity index (χ4n) is 3.55. The van der Waals surface area contributed by atoms with Gasteiger partial charge in [0.25, 0.3) is 0 Å². The van der Waals surface area contributed by atoms with E-state index in [1.807, 2.05) is 6.20 Å². The number of thiazole rings is 1. The number of imidazole rings is 1. The second kappa shape index (κ2) is 5.52. The Bertz CT molecular complexity index is 784. The van der Waals surface area contributed by atoms with Crippen molar-refractivity contribution in [1.82, 2.24) is 24.5 Å². The number of nitrogens with one attached hydrogen (secondary N) is 1. The van der Waals surface area contributed by atoms with Gasteiger partial charge in [-0.15, -0.1) is 11.3 Å². The Morgan fingerprint density at radius 2 is 2.32 bits per heavy atom. The molecule has 0 saturated carbocycles. The molecule has 0 spiro atoms. The van der Waals surface area contributed by atoms with E-state index in [4.69, 9.17) is 0 Å². The zero-order valence-corrected chi connectivity index (χ0v) is 13.9. The summed E-state index contributed by atoms with van der Waals surface area (Å²) in [7, 11) is 0. The van der Waals surface area contributed by atoms with Gasteiger partial charge >= 0.3 is 0 Å². The van der Waals surface area contributed by atoms with Crippen LogP contribution in [0.2, 0.25) is 0 Å². The first-order chi connectivity index (χ1) is 10.7. The summed E-state index contributed by atoms with van der Waals surface area (Å²) in [6.07, 6.45) is 6.56. The van der Waals surface area contributed by atoms with Crippen LogP contribution in [0.5, 0.6) is 0 Å². The first kappa shape index (κ1) is 14.0. The summed E-state index contributed by atoms with van der Waals surface area (Å²) in [6.45, 7) is 7.51. The van der Waals surface area contributed by atoms with Crippen molar-refractivity contribution in [3.8, 4) is 0 Å². The molecule has 3 aromatic rings. The molecule has 0 radical (unpaired) electrons. The van der Waals surface area contributed by atoms with E-state index in [1.165, 1.54) is 36.3 Å². The third kappa shape index (κ3) is 2.36. The van der Waals surface area contributed by atoms with Crippen LogP contribution in [0.1, 0.15) is 41.4 Å². The molecule has 5 nitrogen and oxygen atoms in total. The number of hydrogen-bond donors (Lipinski definition) is 1. The Balaban J connectivity index is 1.54. The van der Waals surface area contributed by atoms with Crippen LogP contribution in [0.3, 0.4) is 0 Å². The zero-order chi connectivity index (χ0) is 15.1. The zero-order valence-electron chi connectivity index (χ0n) is 13.0. The van der Waals surface area contributed by atoms with Crippen LogP contribution in [-0.2, 0) is 6.54 Å². The molecule has 0 bridgehead atoms. The van der Waals surface area contributed by atoms with Crippen molar-refractivity contribution in [3.63, 3.8) is 0 Å². The van der Waals surface area contributed by atoms with E-state index in [1.54, 1.807) is 11.3 Å². The fraction of sp³-hybridized carbons (Fsp3) is 0.500. The normalized spacial score (nSPS) is 20.0. The average molecular weight is 315 g/mol. The number of aromatic amines is 1. The predicted octanol–water partition coefficient (Wildman–Crippen LogP) is 3.12. The highest BCUT2D eigenvalue weighted by molar-refractivity contribution is 7.15. The number of aryl methyl sites for hydroxylation is 2. The number of H-pyrrole nitrogens is 1. The van der Waals surface area contributed by atoms with E-state index >= 15 is 0 Å². The molecule has 4 heterocycles. The van der Waals surface area contributed by atoms with Crippen molar-refractivity contribution in [3.05, 3.63) is 40.4 Å². The third-order valence-electron chi connectivity index (χ3n) is 4.72. The SMILES string of the molecule is Cc1cn[nH]c1[C@H]1CCCN(Cc2c(C)nc3sccn23)C1. The maximum absolute atomic E-state index is 4.66. The molecule has 1 atom stereocenters. The Kier molecular flexibility index (Phi) is 3.50. The van der Waals surface area contributed by atoms with E-state index in [-0.39, 0.29) is 0 Å². The number of likely N-dealkylation sites (tertiary alicyclic amines) is 1. The molecule has 3 aromatic heterocycles. The molecule has 0 aliphatic carbocycles. The van der Waals surface area contributed by atoms with Crippen LogP contribution in [-0.4, -0.2) is 37.6 Å². The summed E-state index contributed by atoms with van der Waals surface area (Å²) in [4.78, 5) is 8.32. The Labute approximate surface area is 134 Å². The van der Waals surface area contributed by atoms with Gasteiger partial charge in [0.15, 0.2) is 4.96 Å². The fourth-order valence-corrected chi connectivity index (χ4v) is 4.33. The van der Waals surface area contributed by atoms with Crippen LogP contribution in [0.15, 0.2) is 17.8 Å². The van der Waals surface area contributed by atoms with E-state index in [0.29, 0.717) is 5.92 Å². The molecule has 1 N–H and O–H groups in total. The second-order valence-corrected chi connectivity index (χ2v) is 7.11. The molecule has 1 fully saturated rings. The van der Waals surface area contributed by atoms with Gasteiger partial charge in [0.05, 0.1) is 17.6 Å². The lowest BCUT2D eigenvalue weighted by Gasteiger charge is -2.32. The molecular weight excluding hydrogens is 294 g/mol. The standard InChI is InChI=1S/C16H21N5S/c1-11-8-17-19-15(11)13-4-3-5-20(9-13)10-14-12(2)18-16-21(14)6-7-22-16/h6-8,13H,3-5,9-10H2,1-2H3,(H,17,19)/t13-/m0/s1. The maximum atomic E-state index is 4.66. The first-order valence-electron chi connectivity index (χ1n) is 7.85. The maximum Gasteiger partial charge on any atom is 0.194 e. The summed E-state index contributed by atoms with van der Waals surface area (Å²) in [6, 6.07) is 0. The minimum Gasteiger partial charge on any atom is -0.297 e. The van der Waals surface area contributed by atoms with Gasteiger partial charge in [-0.3, -0.25) is 14.4 Å². The van der Waals surface area contributed by atoms with Crippen LogP contribution < -0.4 is 0 Å². The van der Waals surface area contributed by atoms with E-state index in [9.17, 15) is 0 Å². The first-order valence-corrected chi connectivity index (χ1v) is 8.73. The molecule has 1 saturated heterocycles. The van der Waals surface area contributed by atoms with Gasteiger partial charge in [-0.25, -0.2) is 4.98 Å². The lowest BCUT2D eigenvalue weighted by atomic mass is 9.93. The molecule has 0 aromatic carbocycles. The van der Waals surface area contributed by atoms with Gasteiger partial charge < -0.3 is 0 Å². The van der Waals surface area contributed by atoms with Gasteiger partial charge in [-0.05, 0) is 38.8 Å². The number of fused-ring (bicyclic) bond motifs is 1. The summed E-state index contributed by atoms with van der Waals surface area (Å²) in [5.41, 5.74) is 5.09. The van der Waals surface area contributed by atoms with Crippen molar-refractivity contribution in [1.29, 1.82) is 0 Å². The third-order valence-corrected chi connectivity index (χ3v) is 5.47. The smallest absolute Gasteiger partial charge is 0.194 e. The minimum absolute atomic E-state index is 0.572. The molecule has 0 amide bonds. The Morgan fingerprint density at radius 3 is 3.14 bits per heavy atom. The van der Waals surface area contributed by atoms with Crippen molar-refractivity contribution in [2.75, 3.05) is 13.1 Å². The quantitative estimate of drug-likeness (QED) is 0.808. The summed E-state index contributed by atoms with van der Waals surface area (Å²) >= 11 is 1.70. The molecule has 1 aliphatic rings. The van der Waals surface area contributed by atoms with Crippen molar-refractivity contribution >= 4 is 16.3 Å². The second-order valence-electron chi connectivity index (χ2n) is 6.24. The molecule has 4 rings (SSSR count). The van der Waals surface area contributed by atoms with Crippen LogP contribution >= 0.6 is 11.3 Å². The lowest BCUT2D eigenvalue weighted by molar-refractivity contribution is 0.195. The molecular formula is C16H21N5S. The lowest BCUT2D eigenvalue weighted by Crippen LogP contribution is -2.34. The number of nitrogens with zero attached hydrogens (tertiary/aromatic N) is 4. The summed E-state index contributed by atoms with van der Waals surface area (Å²) in [5, 5.41) is 9.50. The largest absolute Gasteiger partial charge is 0.297 e. The molecule has 116 valence electrons. The van der Waals surface area contributed by atoms with Crippen LogP contribution in [0.4, 0.5) is 0 Å². The monoisotopic (exact) mass is 315 g/mol.